The fourth-order valence-corrected chi connectivity index (χ4v) is 5.26. The summed E-state index contributed by atoms with van der Waals surface area (Å²) in [7, 11) is 3.63. The molecule has 0 saturated carbocycles. The number of benzene rings is 1. The van der Waals surface area contributed by atoms with Crippen LogP contribution in [-0.4, -0.2) is 73.3 Å². The zero-order valence-corrected chi connectivity index (χ0v) is 21.4. The van der Waals surface area contributed by atoms with Crippen LogP contribution in [0.15, 0.2) is 6.07 Å². The minimum Gasteiger partial charge on any atom is -0.507 e. The highest BCUT2D eigenvalue weighted by Crippen LogP contribution is 2.42. The number of ketones is 3. The molecule has 202 valence electrons. The number of rotatable bonds is 15. The highest BCUT2D eigenvalue weighted by atomic mass is 19.1. The van der Waals surface area contributed by atoms with E-state index in [4.69, 9.17) is 0 Å². The third-order valence-corrected chi connectivity index (χ3v) is 7.19. The van der Waals surface area contributed by atoms with Gasteiger partial charge in [0.1, 0.15) is 17.3 Å². The van der Waals surface area contributed by atoms with Crippen LogP contribution in [0.2, 0.25) is 0 Å². The molecule has 9 heteroatoms. The number of aliphatic hydroxyl groups is 2. The van der Waals surface area contributed by atoms with Gasteiger partial charge in [-0.15, -0.1) is 0 Å². The molecule has 0 fully saturated rings. The first kappa shape index (κ1) is 29.8. The van der Waals surface area contributed by atoms with E-state index in [0.717, 1.165) is 5.69 Å². The van der Waals surface area contributed by atoms with Crippen molar-refractivity contribution in [2.75, 3.05) is 45.6 Å². The molecule has 1 aliphatic rings. The predicted molar refractivity (Wildman–Crippen MR) is 133 cm³/mol. The Hall–Kier alpha value is -2.39. The quantitative estimate of drug-likeness (QED) is 0.310. The number of carbonyl (C=O) groups excluding carboxylic acids is 3. The van der Waals surface area contributed by atoms with Crippen molar-refractivity contribution in [1.82, 2.24) is 0 Å². The van der Waals surface area contributed by atoms with Crippen molar-refractivity contribution in [3.8, 4) is 5.75 Å². The van der Waals surface area contributed by atoms with Crippen LogP contribution in [0.3, 0.4) is 0 Å². The maximum atomic E-state index is 13.2. The molecule has 3 atom stereocenters. The largest absolute Gasteiger partial charge is 0.507 e. The van der Waals surface area contributed by atoms with E-state index in [9.17, 15) is 38.5 Å². The average molecular weight is 512 g/mol. The Kier molecular flexibility index (Phi) is 11.4. The van der Waals surface area contributed by atoms with E-state index in [1.807, 2.05) is 19.0 Å². The molecule has 1 aromatic carbocycles. The van der Waals surface area contributed by atoms with Crippen LogP contribution in [0.25, 0.3) is 0 Å². The number of anilines is 1. The first-order valence-electron chi connectivity index (χ1n) is 12.5. The third kappa shape index (κ3) is 7.32. The van der Waals surface area contributed by atoms with E-state index in [1.54, 1.807) is 6.07 Å². The van der Waals surface area contributed by atoms with Crippen LogP contribution >= 0.6 is 0 Å². The summed E-state index contributed by atoms with van der Waals surface area (Å²) < 4.78 is 25.9. The topological polar surface area (TPSA) is 115 Å². The van der Waals surface area contributed by atoms with Crippen LogP contribution in [0.1, 0.15) is 60.5 Å². The number of phenols is 1. The van der Waals surface area contributed by atoms with Crippen LogP contribution in [0.4, 0.5) is 14.5 Å². The number of halogens is 2. The Morgan fingerprint density at radius 2 is 1.81 bits per heavy atom. The summed E-state index contributed by atoms with van der Waals surface area (Å²) in [6, 6.07) is 1.76. The second kappa shape index (κ2) is 13.8. The Morgan fingerprint density at radius 3 is 2.33 bits per heavy atom. The van der Waals surface area contributed by atoms with Gasteiger partial charge in [0.25, 0.3) is 0 Å². The maximum absolute atomic E-state index is 13.2. The molecular weight excluding hydrogens is 472 g/mol. The van der Waals surface area contributed by atoms with Gasteiger partial charge in [0.15, 0.2) is 5.78 Å². The number of alkyl halides is 2. The summed E-state index contributed by atoms with van der Waals surface area (Å²) in [5.41, 5.74) is 2.12. The lowest BCUT2D eigenvalue weighted by atomic mass is 9.73. The summed E-state index contributed by atoms with van der Waals surface area (Å²) >= 11 is 0. The van der Waals surface area contributed by atoms with Crippen molar-refractivity contribution < 1.29 is 38.5 Å². The van der Waals surface area contributed by atoms with Gasteiger partial charge in [-0.2, -0.15) is 0 Å². The zero-order chi connectivity index (χ0) is 27.0. The monoisotopic (exact) mass is 511 g/mol. The minimum atomic E-state index is -0.805. The SMILES string of the molecule is CC(=O)CC(=O)C(CO)C(CCO)CC1CC(=O)c2c(O)c(CCC(CF)CF)cc(N(C)C)c2C1. The molecule has 0 bridgehead atoms. The molecule has 36 heavy (non-hydrogen) atoms. The summed E-state index contributed by atoms with van der Waals surface area (Å²) in [5, 5.41) is 30.4. The van der Waals surface area contributed by atoms with E-state index in [-0.39, 0.29) is 73.3 Å². The Balaban J connectivity index is 2.36. The summed E-state index contributed by atoms with van der Waals surface area (Å²) in [5.74, 6) is -3.22. The number of aliphatic hydroxyl groups excluding tert-OH is 2. The normalized spacial score (nSPS) is 17.1. The Labute approximate surface area is 211 Å². The van der Waals surface area contributed by atoms with Crippen molar-refractivity contribution >= 4 is 23.0 Å². The van der Waals surface area contributed by atoms with E-state index in [2.05, 4.69) is 0 Å². The predicted octanol–water partition coefficient (Wildman–Crippen LogP) is 3.24. The molecule has 0 aromatic heterocycles. The molecule has 3 N–H and O–H groups in total. The fraction of sp³-hybridized carbons (Fsp3) is 0.667. The number of carbonyl (C=O) groups is 3. The zero-order valence-electron chi connectivity index (χ0n) is 21.4. The second-order valence-electron chi connectivity index (χ2n) is 10.2. The highest BCUT2D eigenvalue weighted by molar-refractivity contribution is 6.03. The van der Waals surface area contributed by atoms with Crippen molar-refractivity contribution in [3.63, 3.8) is 0 Å². The van der Waals surface area contributed by atoms with Crippen LogP contribution in [0.5, 0.6) is 5.75 Å². The standard InChI is InChI=1S/C27H39F2NO6/c1-16(33)8-24(34)22(15-32)19(6-7-31)9-18-10-21-23(30(2)3)12-20(5-4-17(13-28)14-29)27(36)26(21)25(35)11-18/h12,17-19,22,31-32,36H,4-11,13-15H2,1-3H3. The van der Waals surface area contributed by atoms with Gasteiger partial charge in [-0.05, 0) is 68.1 Å². The van der Waals surface area contributed by atoms with Crippen molar-refractivity contribution in [2.24, 2.45) is 23.7 Å². The number of aromatic hydroxyl groups is 1. The van der Waals surface area contributed by atoms with E-state index in [0.29, 0.717) is 24.0 Å². The molecule has 0 saturated heterocycles. The van der Waals surface area contributed by atoms with Gasteiger partial charge in [0.05, 0.1) is 31.9 Å². The molecule has 0 aliphatic heterocycles. The second-order valence-corrected chi connectivity index (χ2v) is 10.2. The lowest BCUT2D eigenvalue weighted by Crippen LogP contribution is -2.33. The number of fused-ring (bicyclic) bond motifs is 1. The van der Waals surface area contributed by atoms with Crippen molar-refractivity contribution in [1.29, 1.82) is 0 Å². The maximum Gasteiger partial charge on any atom is 0.167 e. The van der Waals surface area contributed by atoms with Gasteiger partial charge >= 0.3 is 0 Å². The number of nitrogens with zero attached hydrogens (tertiary/aromatic N) is 1. The molecule has 3 unspecified atom stereocenters. The first-order valence-corrected chi connectivity index (χ1v) is 12.5. The molecule has 0 heterocycles. The van der Waals surface area contributed by atoms with Crippen LogP contribution in [0, 0.1) is 23.7 Å². The molecular formula is C27H39F2NO6. The molecule has 0 amide bonds. The number of hydrogen-bond acceptors (Lipinski definition) is 7. The van der Waals surface area contributed by atoms with Gasteiger partial charge < -0.3 is 20.2 Å². The molecule has 7 nitrogen and oxygen atoms in total. The summed E-state index contributed by atoms with van der Waals surface area (Å²) in [6.07, 6.45) is 1.38. The summed E-state index contributed by atoms with van der Waals surface area (Å²) in [4.78, 5) is 39.1. The van der Waals surface area contributed by atoms with Crippen molar-refractivity contribution in [3.05, 3.63) is 22.8 Å². The van der Waals surface area contributed by atoms with E-state index < -0.39 is 37.7 Å². The average Bonchev–Trinajstić information content (AvgIpc) is 2.80. The molecule has 1 aromatic rings. The molecule has 0 spiro atoms. The highest BCUT2D eigenvalue weighted by Gasteiger charge is 2.36. The third-order valence-electron chi connectivity index (χ3n) is 7.19. The van der Waals surface area contributed by atoms with E-state index >= 15 is 0 Å². The fourth-order valence-electron chi connectivity index (χ4n) is 5.26. The number of Topliss-reactive ketones (excluding diaryl/α,β-unsaturated/α-hetero) is 3. The van der Waals surface area contributed by atoms with Gasteiger partial charge in [-0.3, -0.25) is 23.2 Å². The smallest absolute Gasteiger partial charge is 0.167 e. The number of hydrogen-bond donors (Lipinski definition) is 3. The lowest BCUT2D eigenvalue weighted by molar-refractivity contribution is -0.131. The van der Waals surface area contributed by atoms with E-state index in [1.165, 1.54) is 6.92 Å². The lowest BCUT2D eigenvalue weighted by Gasteiger charge is -2.33. The number of aryl methyl sites for hydroxylation is 1. The number of phenolic OH excluding ortho intramolecular Hbond substituents is 1. The van der Waals surface area contributed by atoms with Gasteiger partial charge in [-0.25, -0.2) is 0 Å². The Bertz CT molecular complexity index is 931. The summed E-state index contributed by atoms with van der Waals surface area (Å²) in [6.45, 7) is -0.912. The molecule has 2 rings (SSSR count). The van der Waals surface area contributed by atoms with Gasteiger partial charge in [0, 0.05) is 44.6 Å². The molecule has 1 aliphatic carbocycles. The first-order chi connectivity index (χ1) is 17.1. The minimum absolute atomic E-state index is 0.120. The Morgan fingerprint density at radius 1 is 1.14 bits per heavy atom. The van der Waals surface area contributed by atoms with Crippen LogP contribution in [-0.2, 0) is 22.4 Å². The van der Waals surface area contributed by atoms with Gasteiger partial charge in [-0.1, -0.05) is 0 Å². The van der Waals surface area contributed by atoms with Crippen molar-refractivity contribution in [2.45, 2.75) is 51.9 Å². The van der Waals surface area contributed by atoms with Gasteiger partial charge in [0.2, 0.25) is 0 Å². The van der Waals surface area contributed by atoms with Crippen LogP contribution < -0.4 is 4.90 Å². The molecule has 0 radical (unpaired) electrons.